The van der Waals surface area contributed by atoms with Gasteiger partial charge in [-0.1, -0.05) is 59.1 Å². The first kappa shape index (κ1) is 20.6. The Morgan fingerprint density at radius 3 is 2.61 bits per heavy atom. The molecule has 0 saturated carbocycles. The molecule has 0 bridgehead atoms. The molecule has 0 fully saturated rings. The average Bonchev–Trinajstić information content (AvgIpc) is 3.07. The highest BCUT2D eigenvalue weighted by molar-refractivity contribution is 6.06. The highest BCUT2D eigenvalue weighted by Gasteiger charge is 2.12. The molecule has 0 atom stereocenters. The Hall–Kier alpha value is -2.14. The van der Waals surface area contributed by atoms with Crippen LogP contribution in [0.3, 0.4) is 0 Å². The Morgan fingerprint density at radius 2 is 1.86 bits per heavy atom. The van der Waals surface area contributed by atoms with Crippen LogP contribution in [0.25, 0.3) is 21.9 Å². The number of rotatable bonds is 9. The number of H-pyrrole nitrogens is 1. The van der Waals surface area contributed by atoms with Gasteiger partial charge in [-0.05, 0) is 42.9 Å². The molecule has 3 rings (SSSR count). The maximum atomic E-state index is 6.20. The van der Waals surface area contributed by atoms with Crippen molar-refractivity contribution in [3.8, 4) is 0 Å². The number of anilines is 1. The Balaban J connectivity index is 1.67. The molecule has 2 heterocycles. The highest BCUT2D eigenvalue weighted by atomic mass is 15.0. The number of unbranched alkanes of at least 4 members (excludes halogenated alkanes) is 3. The fourth-order valence-corrected chi connectivity index (χ4v) is 3.68. The van der Waals surface area contributed by atoms with E-state index in [1.165, 1.54) is 37.7 Å². The molecule has 0 unspecified atom stereocenters. The van der Waals surface area contributed by atoms with Gasteiger partial charge in [0.25, 0.3) is 0 Å². The summed E-state index contributed by atoms with van der Waals surface area (Å²) in [5, 5.41) is 4.36. The van der Waals surface area contributed by atoms with Gasteiger partial charge in [0.2, 0.25) is 0 Å². The lowest BCUT2D eigenvalue weighted by Crippen LogP contribution is -2.12. The molecule has 0 aliphatic rings. The average molecular weight is 382 g/mol. The summed E-state index contributed by atoms with van der Waals surface area (Å²) >= 11 is 0. The van der Waals surface area contributed by atoms with Crippen LogP contribution in [0.4, 0.5) is 5.82 Å². The maximum absolute atomic E-state index is 6.20. The number of imidazole rings is 1. The van der Waals surface area contributed by atoms with Gasteiger partial charge < -0.3 is 16.0 Å². The van der Waals surface area contributed by atoms with E-state index in [1.54, 1.807) is 0 Å². The lowest BCUT2D eigenvalue weighted by Gasteiger charge is -2.17. The monoisotopic (exact) mass is 381 g/mol. The Morgan fingerprint density at radius 1 is 1.07 bits per heavy atom. The Kier molecular flexibility index (Phi) is 6.55. The lowest BCUT2D eigenvalue weighted by molar-refractivity contribution is 0.357. The van der Waals surface area contributed by atoms with E-state index in [-0.39, 0.29) is 0 Å². The Labute approximate surface area is 168 Å². The van der Waals surface area contributed by atoms with Gasteiger partial charge in [-0.15, -0.1) is 0 Å². The first-order chi connectivity index (χ1) is 13.4. The van der Waals surface area contributed by atoms with Crippen LogP contribution in [0.2, 0.25) is 0 Å². The predicted octanol–water partition coefficient (Wildman–Crippen LogP) is 5.34. The van der Waals surface area contributed by atoms with Gasteiger partial charge in [-0.3, -0.25) is 0 Å². The molecule has 5 heteroatoms. The van der Waals surface area contributed by atoms with Gasteiger partial charge in [0.1, 0.15) is 22.7 Å². The largest absolute Gasteiger partial charge is 0.382 e. The van der Waals surface area contributed by atoms with Crippen LogP contribution in [0.15, 0.2) is 18.2 Å². The molecule has 0 aliphatic carbocycles. The number of fused-ring (bicyclic) bond motifs is 3. The molecule has 4 N–H and O–H groups in total. The van der Waals surface area contributed by atoms with Gasteiger partial charge in [0.15, 0.2) is 0 Å². The number of nitrogens with one attached hydrogen (secondary N) is 2. The molecular weight excluding hydrogens is 346 g/mol. The van der Waals surface area contributed by atoms with Gasteiger partial charge in [0.05, 0.1) is 12.1 Å². The molecule has 0 aliphatic heterocycles. The van der Waals surface area contributed by atoms with Crippen LogP contribution < -0.4 is 11.1 Å². The summed E-state index contributed by atoms with van der Waals surface area (Å²) in [6.07, 6.45) is 7.56. The van der Waals surface area contributed by atoms with E-state index < -0.39 is 0 Å². The second kappa shape index (κ2) is 8.91. The fourth-order valence-electron chi connectivity index (χ4n) is 3.68. The molecule has 1 aromatic carbocycles. The first-order valence-electron chi connectivity index (χ1n) is 10.6. The smallest absolute Gasteiger partial charge is 0.150 e. The summed E-state index contributed by atoms with van der Waals surface area (Å²) in [5.41, 5.74) is 10.7. The van der Waals surface area contributed by atoms with E-state index in [0.717, 1.165) is 40.7 Å². The van der Waals surface area contributed by atoms with Crippen LogP contribution in [-0.4, -0.2) is 21.5 Å². The number of hydrogen-bond acceptors (Lipinski definition) is 4. The van der Waals surface area contributed by atoms with Gasteiger partial charge in [-0.25, -0.2) is 9.97 Å². The second-order valence-electron chi connectivity index (χ2n) is 9.01. The third kappa shape index (κ3) is 5.22. The molecule has 2 aromatic heterocycles. The molecular formula is C23H35N5. The van der Waals surface area contributed by atoms with Crippen LogP contribution in [0.5, 0.6) is 0 Å². The topological polar surface area (TPSA) is 79.6 Å². The zero-order chi connectivity index (χ0) is 20.1. The molecule has 28 heavy (non-hydrogen) atoms. The van der Waals surface area contributed by atoms with E-state index in [2.05, 4.69) is 61.2 Å². The van der Waals surface area contributed by atoms with E-state index >= 15 is 0 Å². The summed E-state index contributed by atoms with van der Waals surface area (Å²) < 4.78 is 0. The zero-order valence-corrected chi connectivity index (χ0v) is 17.9. The van der Waals surface area contributed by atoms with Crippen molar-refractivity contribution in [3.05, 3.63) is 29.6 Å². The molecule has 152 valence electrons. The molecule has 0 radical (unpaired) electrons. The van der Waals surface area contributed by atoms with Crippen molar-refractivity contribution in [1.82, 2.24) is 20.3 Å². The van der Waals surface area contributed by atoms with E-state index in [1.807, 2.05) is 0 Å². The molecule has 0 spiro atoms. The van der Waals surface area contributed by atoms with Gasteiger partial charge in [-0.2, -0.15) is 0 Å². The lowest BCUT2D eigenvalue weighted by atomic mass is 9.89. The SMILES string of the molecule is CCNCc1nc2c([nH]1)c(N)nc1cc(CCCCCCC(C)(C)C)ccc12. The van der Waals surface area contributed by atoms with E-state index in [0.29, 0.717) is 17.8 Å². The fraction of sp³-hybridized carbons (Fsp3) is 0.565. The summed E-state index contributed by atoms with van der Waals surface area (Å²) in [6.45, 7) is 10.7. The molecule has 0 saturated heterocycles. The number of nitrogens with zero attached hydrogens (tertiary/aromatic N) is 2. The van der Waals surface area contributed by atoms with Crippen LogP contribution in [0, 0.1) is 5.41 Å². The van der Waals surface area contributed by atoms with Crippen molar-refractivity contribution in [2.75, 3.05) is 12.3 Å². The number of nitrogens with two attached hydrogens (primary N) is 1. The van der Waals surface area contributed by atoms with Gasteiger partial charge >= 0.3 is 0 Å². The van der Waals surface area contributed by atoms with Crippen molar-refractivity contribution < 1.29 is 0 Å². The number of benzene rings is 1. The number of aromatic amines is 1. The standard InChI is InChI=1S/C23H35N5/c1-5-25-15-19-27-20-17-12-11-16(10-8-6-7-9-13-23(2,3)4)14-18(17)26-22(24)21(20)28-19/h11-12,14,25H,5-10,13,15H2,1-4H3,(H2,24,26)(H,27,28). The predicted molar refractivity (Wildman–Crippen MR) is 119 cm³/mol. The minimum absolute atomic E-state index is 0.452. The minimum atomic E-state index is 0.452. The molecule has 3 aromatic rings. The first-order valence-corrected chi connectivity index (χ1v) is 10.6. The van der Waals surface area contributed by atoms with Crippen LogP contribution >= 0.6 is 0 Å². The van der Waals surface area contributed by atoms with Crippen molar-refractivity contribution >= 4 is 27.8 Å². The van der Waals surface area contributed by atoms with Crippen LogP contribution in [-0.2, 0) is 13.0 Å². The third-order valence-electron chi connectivity index (χ3n) is 5.25. The summed E-state index contributed by atoms with van der Waals surface area (Å²) in [7, 11) is 0. The molecule has 5 nitrogen and oxygen atoms in total. The van der Waals surface area contributed by atoms with Crippen molar-refractivity contribution in [2.24, 2.45) is 5.41 Å². The van der Waals surface area contributed by atoms with Crippen molar-refractivity contribution in [3.63, 3.8) is 0 Å². The van der Waals surface area contributed by atoms with Gasteiger partial charge in [0, 0.05) is 5.39 Å². The summed E-state index contributed by atoms with van der Waals surface area (Å²) in [4.78, 5) is 12.7. The summed E-state index contributed by atoms with van der Waals surface area (Å²) in [5.74, 6) is 1.43. The van der Waals surface area contributed by atoms with E-state index in [4.69, 9.17) is 10.7 Å². The van der Waals surface area contributed by atoms with Crippen LogP contribution in [0.1, 0.15) is 71.2 Å². The minimum Gasteiger partial charge on any atom is -0.382 e. The van der Waals surface area contributed by atoms with Crippen molar-refractivity contribution in [1.29, 1.82) is 0 Å². The number of pyridine rings is 1. The quantitative estimate of drug-likeness (QED) is 0.437. The highest BCUT2D eigenvalue weighted by Crippen LogP contribution is 2.27. The zero-order valence-electron chi connectivity index (χ0n) is 17.9. The second-order valence-corrected chi connectivity index (χ2v) is 9.01. The number of nitrogen functional groups attached to an aromatic ring is 1. The normalized spacial score (nSPS) is 12.3. The maximum Gasteiger partial charge on any atom is 0.150 e. The van der Waals surface area contributed by atoms with E-state index in [9.17, 15) is 0 Å². The van der Waals surface area contributed by atoms with Crippen molar-refractivity contribution in [2.45, 2.75) is 72.8 Å². The Bertz CT molecular complexity index is 920. The number of aromatic nitrogens is 3. The molecule has 0 amide bonds. The number of hydrogen-bond donors (Lipinski definition) is 3. The number of aryl methyl sites for hydroxylation is 1. The third-order valence-corrected chi connectivity index (χ3v) is 5.25. The summed E-state index contributed by atoms with van der Waals surface area (Å²) in [6, 6.07) is 6.54.